The van der Waals surface area contributed by atoms with E-state index in [1.54, 1.807) is 4.52 Å². The van der Waals surface area contributed by atoms with Gasteiger partial charge in [-0.05, 0) is 11.1 Å². The maximum atomic E-state index is 12.7. The van der Waals surface area contributed by atoms with Gasteiger partial charge in [0.15, 0.2) is 0 Å². The molecule has 1 aliphatic heterocycles. The second kappa shape index (κ2) is 7.94. The summed E-state index contributed by atoms with van der Waals surface area (Å²) < 4.78 is 1.80. The molecular weight excluding hydrogens is 376 g/mol. The molecule has 0 aliphatic carbocycles. The van der Waals surface area contributed by atoms with Gasteiger partial charge in [-0.1, -0.05) is 60.7 Å². The lowest BCUT2D eigenvalue weighted by Crippen LogP contribution is -2.49. The Morgan fingerprint density at radius 3 is 2.30 bits per heavy atom. The lowest BCUT2D eigenvalue weighted by atomic mass is 10.1. The average Bonchev–Trinajstić information content (AvgIpc) is 3.29. The Hall–Kier alpha value is -3.74. The van der Waals surface area contributed by atoms with Crippen molar-refractivity contribution in [3.8, 4) is 11.1 Å². The first-order valence-electron chi connectivity index (χ1n) is 10.1. The van der Waals surface area contributed by atoms with Crippen LogP contribution in [0.25, 0.3) is 16.9 Å². The summed E-state index contributed by atoms with van der Waals surface area (Å²) >= 11 is 0. The van der Waals surface area contributed by atoms with Crippen LogP contribution in [0.3, 0.4) is 0 Å². The summed E-state index contributed by atoms with van der Waals surface area (Å²) in [6.45, 7) is 2.83. The number of aromatic nitrogens is 4. The van der Waals surface area contributed by atoms with E-state index >= 15 is 0 Å². The van der Waals surface area contributed by atoms with E-state index in [4.69, 9.17) is 0 Å². The highest BCUT2D eigenvalue weighted by Crippen LogP contribution is 2.30. The maximum Gasteiger partial charge on any atom is 0.254 e. The predicted octanol–water partition coefficient (Wildman–Crippen LogP) is 2.68. The van der Waals surface area contributed by atoms with Crippen LogP contribution in [0.4, 0.5) is 5.82 Å². The summed E-state index contributed by atoms with van der Waals surface area (Å²) in [7, 11) is 0. The van der Waals surface area contributed by atoms with Crippen molar-refractivity contribution >= 4 is 17.5 Å². The van der Waals surface area contributed by atoms with E-state index in [9.17, 15) is 4.79 Å². The Balaban J connectivity index is 1.38. The number of fused-ring (bicyclic) bond motifs is 1. The fraction of sp³-hybridized carbons (Fsp3) is 0.217. The molecule has 4 aromatic rings. The molecule has 7 heteroatoms. The standard InChI is InChI=1S/C23H22N6O/c30-21(15-18-7-3-1-4-8-18)27-11-13-28(14-12-27)22-20(19-9-5-2-6-10-19)16-24-23-25-17-26-29(22)23/h1-10,16-17H,11-15H2. The molecule has 0 atom stereocenters. The number of carbonyl (C=O) groups excluding carboxylic acids is 1. The molecule has 1 amide bonds. The van der Waals surface area contributed by atoms with Gasteiger partial charge in [0, 0.05) is 37.9 Å². The van der Waals surface area contributed by atoms with E-state index in [1.165, 1.54) is 6.33 Å². The van der Waals surface area contributed by atoms with Gasteiger partial charge in [0.05, 0.1) is 6.42 Å². The number of amides is 1. The van der Waals surface area contributed by atoms with Crippen LogP contribution in [0.5, 0.6) is 0 Å². The van der Waals surface area contributed by atoms with Crippen LogP contribution >= 0.6 is 0 Å². The van der Waals surface area contributed by atoms with Crippen LogP contribution < -0.4 is 4.90 Å². The minimum absolute atomic E-state index is 0.171. The molecule has 30 heavy (non-hydrogen) atoms. The molecule has 1 fully saturated rings. The number of hydrogen-bond donors (Lipinski definition) is 0. The molecule has 150 valence electrons. The summed E-state index contributed by atoms with van der Waals surface area (Å²) in [4.78, 5) is 25.7. The monoisotopic (exact) mass is 398 g/mol. The van der Waals surface area contributed by atoms with Crippen molar-refractivity contribution in [1.82, 2.24) is 24.5 Å². The van der Waals surface area contributed by atoms with Crippen molar-refractivity contribution in [2.45, 2.75) is 6.42 Å². The van der Waals surface area contributed by atoms with Gasteiger partial charge in [-0.15, -0.1) is 0 Å². The van der Waals surface area contributed by atoms with E-state index in [1.807, 2.05) is 59.6 Å². The molecule has 0 unspecified atom stereocenters. The highest BCUT2D eigenvalue weighted by Gasteiger charge is 2.25. The van der Waals surface area contributed by atoms with Gasteiger partial charge in [-0.3, -0.25) is 4.79 Å². The van der Waals surface area contributed by atoms with E-state index in [0.29, 0.717) is 25.3 Å². The number of nitrogens with zero attached hydrogens (tertiary/aromatic N) is 6. The molecule has 7 nitrogen and oxygen atoms in total. The van der Waals surface area contributed by atoms with E-state index in [-0.39, 0.29) is 5.91 Å². The minimum Gasteiger partial charge on any atom is -0.352 e. The molecule has 0 radical (unpaired) electrons. The number of benzene rings is 2. The van der Waals surface area contributed by atoms with Gasteiger partial charge in [0.1, 0.15) is 12.1 Å². The van der Waals surface area contributed by atoms with E-state index in [0.717, 1.165) is 35.6 Å². The topological polar surface area (TPSA) is 66.6 Å². The highest BCUT2D eigenvalue weighted by molar-refractivity contribution is 5.80. The smallest absolute Gasteiger partial charge is 0.254 e. The average molecular weight is 398 g/mol. The molecule has 2 aromatic heterocycles. The molecule has 2 aromatic carbocycles. The SMILES string of the molecule is O=C(Cc1ccccc1)N1CCN(c2c(-c3ccccc3)cnc3ncnn23)CC1. The zero-order chi connectivity index (χ0) is 20.3. The van der Waals surface area contributed by atoms with Crippen molar-refractivity contribution in [2.75, 3.05) is 31.1 Å². The minimum atomic E-state index is 0.171. The number of piperazine rings is 1. The van der Waals surface area contributed by atoms with Crippen LogP contribution in [-0.2, 0) is 11.2 Å². The maximum absolute atomic E-state index is 12.7. The quantitative estimate of drug-likeness (QED) is 0.529. The third kappa shape index (κ3) is 3.50. The van der Waals surface area contributed by atoms with Gasteiger partial charge < -0.3 is 9.80 Å². The zero-order valence-electron chi connectivity index (χ0n) is 16.6. The first-order chi connectivity index (χ1) is 14.8. The molecule has 0 saturated carbocycles. The summed E-state index contributed by atoms with van der Waals surface area (Å²) in [5.74, 6) is 1.72. The van der Waals surface area contributed by atoms with Crippen molar-refractivity contribution in [3.05, 3.63) is 78.8 Å². The first kappa shape index (κ1) is 18.3. The van der Waals surface area contributed by atoms with Gasteiger partial charge in [0.2, 0.25) is 5.91 Å². The Morgan fingerprint density at radius 1 is 0.867 bits per heavy atom. The third-order valence-corrected chi connectivity index (χ3v) is 5.50. The number of anilines is 1. The second-order valence-corrected chi connectivity index (χ2v) is 7.36. The summed E-state index contributed by atoms with van der Waals surface area (Å²) in [6, 6.07) is 20.1. The van der Waals surface area contributed by atoms with Crippen molar-refractivity contribution in [1.29, 1.82) is 0 Å². The molecule has 0 spiro atoms. The largest absolute Gasteiger partial charge is 0.352 e. The molecular formula is C23H22N6O. The Kier molecular flexibility index (Phi) is 4.85. The van der Waals surface area contributed by atoms with Crippen LogP contribution in [0.15, 0.2) is 73.2 Å². The number of rotatable bonds is 4. The second-order valence-electron chi connectivity index (χ2n) is 7.36. The van der Waals surface area contributed by atoms with Crippen LogP contribution in [-0.4, -0.2) is 56.6 Å². The molecule has 1 aliphatic rings. The lowest BCUT2D eigenvalue weighted by molar-refractivity contribution is -0.130. The number of carbonyl (C=O) groups is 1. The molecule has 3 heterocycles. The molecule has 5 rings (SSSR count). The van der Waals surface area contributed by atoms with E-state index in [2.05, 4.69) is 32.1 Å². The normalized spacial score (nSPS) is 14.3. The Bertz CT molecular complexity index is 1150. The Morgan fingerprint density at radius 2 is 1.57 bits per heavy atom. The van der Waals surface area contributed by atoms with Crippen LogP contribution in [0.2, 0.25) is 0 Å². The van der Waals surface area contributed by atoms with Crippen LogP contribution in [0.1, 0.15) is 5.56 Å². The summed E-state index contributed by atoms with van der Waals surface area (Å²) in [5.41, 5.74) is 3.15. The predicted molar refractivity (Wildman–Crippen MR) is 115 cm³/mol. The lowest BCUT2D eigenvalue weighted by Gasteiger charge is -2.36. The summed E-state index contributed by atoms with van der Waals surface area (Å²) in [5, 5.41) is 4.41. The van der Waals surface area contributed by atoms with Crippen molar-refractivity contribution in [2.24, 2.45) is 0 Å². The molecule has 0 N–H and O–H groups in total. The number of hydrogen-bond acceptors (Lipinski definition) is 5. The third-order valence-electron chi connectivity index (χ3n) is 5.50. The highest BCUT2D eigenvalue weighted by atomic mass is 16.2. The fourth-order valence-corrected chi connectivity index (χ4v) is 3.94. The Labute approximate surface area is 174 Å². The van der Waals surface area contributed by atoms with Gasteiger partial charge in [-0.25, -0.2) is 4.98 Å². The van der Waals surface area contributed by atoms with Crippen molar-refractivity contribution < 1.29 is 4.79 Å². The van der Waals surface area contributed by atoms with Gasteiger partial charge >= 0.3 is 0 Å². The molecule has 0 bridgehead atoms. The summed E-state index contributed by atoms with van der Waals surface area (Å²) in [6.07, 6.45) is 3.83. The zero-order valence-corrected chi connectivity index (χ0v) is 16.6. The van der Waals surface area contributed by atoms with Crippen LogP contribution in [0, 0.1) is 0 Å². The fourth-order valence-electron chi connectivity index (χ4n) is 3.94. The van der Waals surface area contributed by atoms with E-state index < -0.39 is 0 Å². The van der Waals surface area contributed by atoms with Gasteiger partial charge in [0.25, 0.3) is 5.78 Å². The first-order valence-corrected chi connectivity index (χ1v) is 10.1. The molecule has 1 saturated heterocycles. The van der Waals surface area contributed by atoms with Crippen molar-refractivity contribution in [3.63, 3.8) is 0 Å². The van der Waals surface area contributed by atoms with Gasteiger partial charge in [-0.2, -0.15) is 14.6 Å².